The number of aryl methyl sites for hydroxylation is 1. The Morgan fingerprint density at radius 2 is 2.14 bits per heavy atom. The van der Waals surface area contributed by atoms with Crippen LogP contribution < -0.4 is 9.50 Å². The van der Waals surface area contributed by atoms with Gasteiger partial charge < -0.3 is 18.4 Å². The van der Waals surface area contributed by atoms with E-state index >= 15 is 0 Å². The molecule has 9 heteroatoms. The van der Waals surface area contributed by atoms with Gasteiger partial charge in [-0.05, 0) is 60.9 Å². The van der Waals surface area contributed by atoms with Crippen molar-refractivity contribution in [1.82, 2.24) is 4.98 Å². The van der Waals surface area contributed by atoms with E-state index in [2.05, 4.69) is 28.2 Å². The third-order valence-corrected chi connectivity index (χ3v) is 9.75. The molecule has 1 unspecified atom stereocenters. The molecule has 0 radical (unpaired) electrons. The lowest BCUT2D eigenvalue weighted by atomic mass is 10.1. The summed E-state index contributed by atoms with van der Waals surface area (Å²) >= 11 is 1.53. The van der Waals surface area contributed by atoms with Gasteiger partial charge in [-0.25, -0.2) is 9.78 Å². The van der Waals surface area contributed by atoms with Gasteiger partial charge in [0.25, 0.3) is 0 Å². The number of benzene rings is 1. The number of pyridine rings is 1. The van der Waals surface area contributed by atoms with Crippen molar-refractivity contribution in [3.8, 4) is 17.6 Å². The van der Waals surface area contributed by atoms with Gasteiger partial charge >= 0.3 is 6.09 Å². The number of carbonyl (C=O) groups is 1. The minimum Gasteiger partial charge on any atom is -0.444 e. The highest BCUT2D eigenvalue weighted by Gasteiger charge is 2.60. The van der Waals surface area contributed by atoms with Crippen molar-refractivity contribution >= 4 is 56.1 Å². The Balaban J connectivity index is 1.15. The molecule has 1 aromatic carbocycles. The Morgan fingerprint density at radius 1 is 1.27 bits per heavy atom. The SMILES string of the molecule is Cc1ccccc1COC(=O)Nc1c(C#Cc2cc3c(s2)C=C2S(=C(O)C24CC4)O3)oc2ncccc12. The maximum Gasteiger partial charge on any atom is 0.412 e. The zero-order chi connectivity index (χ0) is 25.1. The minimum absolute atomic E-state index is 0.119. The fraction of sp³-hybridized carbons (Fsp3) is 0.179. The van der Waals surface area contributed by atoms with Crippen molar-refractivity contribution in [2.45, 2.75) is 26.4 Å². The highest BCUT2D eigenvalue weighted by molar-refractivity contribution is 8.17. The van der Waals surface area contributed by atoms with Gasteiger partial charge in [-0.3, -0.25) is 5.32 Å². The smallest absolute Gasteiger partial charge is 0.412 e. The Kier molecular flexibility index (Phi) is 5.05. The van der Waals surface area contributed by atoms with Crippen LogP contribution in [0.15, 0.2) is 58.0 Å². The van der Waals surface area contributed by atoms with Crippen molar-refractivity contribution in [1.29, 1.82) is 0 Å². The van der Waals surface area contributed by atoms with Crippen LogP contribution in [0.4, 0.5) is 10.5 Å². The van der Waals surface area contributed by atoms with Crippen LogP contribution in [0, 0.1) is 24.2 Å². The van der Waals surface area contributed by atoms with Crippen molar-refractivity contribution in [3.63, 3.8) is 0 Å². The zero-order valence-electron chi connectivity index (χ0n) is 19.7. The van der Waals surface area contributed by atoms with Gasteiger partial charge in [-0.2, -0.15) is 0 Å². The Hall–Kier alpha value is -3.84. The number of carbonyl (C=O) groups excluding carboxylic acids is 1. The molecule has 4 aromatic rings. The number of ether oxygens (including phenoxy) is 1. The number of rotatable bonds is 3. The Labute approximate surface area is 218 Å². The molecule has 2 aliphatic heterocycles. The fourth-order valence-electron chi connectivity index (χ4n) is 4.52. The van der Waals surface area contributed by atoms with E-state index in [0.29, 0.717) is 21.8 Å². The summed E-state index contributed by atoms with van der Waals surface area (Å²) in [6.07, 6.45) is 5.15. The van der Waals surface area contributed by atoms with Gasteiger partial charge in [-0.15, -0.1) is 11.3 Å². The molecule has 1 aliphatic carbocycles. The molecule has 1 amide bonds. The molecule has 3 aromatic heterocycles. The van der Waals surface area contributed by atoms with Gasteiger partial charge in [-0.1, -0.05) is 24.3 Å². The van der Waals surface area contributed by atoms with E-state index < -0.39 is 16.9 Å². The second-order valence-electron chi connectivity index (χ2n) is 9.13. The lowest BCUT2D eigenvalue weighted by Gasteiger charge is -2.35. The van der Waals surface area contributed by atoms with Crippen LogP contribution in [0.5, 0.6) is 5.75 Å². The number of anilines is 1. The molecule has 3 aliphatic rings. The number of aliphatic hydroxyl groups excluding tert-OH is 1. The van der Waals surface area contributed by atoms with Crippen LogP contribution in [0.25, 0.3) is 17.2 Å². The average molecular weight is 529 g/mol. The predicted octanol–water partition coefficient (Wildman–Crippen LogP) is 6.75. The molecule has 1 fully saturated rings. The highest BCUT2D eigenvalue weighted by atomic mass is 32.2. The van der Waals surface area contributed by atoms with E-state index in [-0.39, 0.29) is 17.8 Å². The molecule has 0 saturated heterocycles. The lowest BCUT2D eigenvalue weighted by molar-refractivity contribution is 0.155. The normalized spacial score (nSPS) is 18.1. The van der Waals surface area contributed by atoms with E-state index in [9.17, 15) is 9.90 Å². The molecule has 7 nitrogen and oxygen atoms in total. The second kappa shape index (κ2) is 8.35. The maximum atomic E-state index is 12.7. The van der Waals surface area contributed by atoms with Crippen molar-refractivity contribution in [2.24, 2.45) is 5.41 Å². The number of fused-ring (bicyclic) bond motifs is 4. The van der Waals surface area contributed by atoms with Crippen molar-refractivity contribution in [2.75, 3.05) is 5.32 Å². The number of amides is 1. The van der Waals surface area contributed by atoms with E-state index in [1.807, 2.05) is 43.3 Å². The molecule has 2 N–H and O–H groups in total. The van der Waals surface area contributed by atoms with Crippen LogP contribution in [-0.2, 0) is 11.3 Å². The topological polar surface area (TPSA) is 93.8 Å². The molecule has 7 rings (SSSR count). The first kappa shape index (κ1) is 22.4. The Morgan fingerprint density at radius 3 is 2.97 bits per heavy atom. The molecule has 1 spiro atoms. The third-order valence-electron chi connectivity index (χ3n) is 6.78. The summed E-state index contributed by atoms with van der Waals surface area (Å²) in [7, 11) is -0.629. The van der Waals surface area contributed by atoms with Gasteiger partial charge in [0.2, 0.25) is 11.5 Å². The third kappa shape index (κ3) is 3.68. The molecule has 0 bridgehead atoms. The first-order chi connectivity index (χ1) is 18.0. The molecule has 1 saturated carbocycles. The molecule has 37 heavy (non-hydrogen) atoms. The van der Waals surface area contributed by atoms with E-state index in [0.717, 1.165) is 39.5 Å². The number of aromatic nitrogens is 1. The fourth-order valence-corrected chi connectivity index (χ4v) is 7.62. The van der Waals surface area contributed by atoms with Gasteiger partial charge in [0.15, 0.2) is 5.75 Å². The van der Waals surface area contributed by atoms with Gasteiger partial charge in [0, 0.05) is 17.2 Å². The van der Waals surface area contributed by atoms with Gasteiger partial charge in [0.1, 0.15) is 17.3 Å². The molecular formula is C28H20N2O5S2. The summed E-state index contributed by atoms with van der Waals surface area (Å²) in [6.45, 7) is 2.12. The van der Waals surface area contributed by atoms with Crippen LogP contribution in [0.1, 0.15) is 39.5 Å². The van der Waals surface area contributed by atoms with E-state index in [1.165, 1.54) is 16.2 Å². The Bertz CT molecular complexity index is 1750. The molecule has 1 atom stereocenters. The summed E-state index contributed by atoms with van der Waals surface area (Å²) in [6, 6.07) is 13.2. The van der Waals surface area contributed by atoms with Gasteiger partial charge in [0.05, 0.1) is 31.3 Å². The number of nitrogens with one attached hydrogen (secondary N) is 1. The average Bonchev–Trinajstić information content (AvgIpc) is 3.55. The molecular weight excluding hydrogens is 508 g/mol. The van der Waals surface area contributed by atoms with Crippen LogP contribution in [-0.4, -0.2) is 21.2 Å². The van der Waals surface area contributed by atoms with E-state index in [4.69, 9.17) is 13.3 Å². The predicted molar refractivity (Wildman–Crippen MR) is 145 cm³/mol. The summed E-state index contributed by atoms with van der Waals surface area (Å²) in [4.78, 5) is 19.9. The maximum absolute atomic E-state index is 12.7. The summed E-state index contributed by atoms with van der Waals surface area (Å²) in [5, 5.41) is 14.3. The summed E-state index contributed by atoms with van der Waals surface area (Å²) in [5.41, 5.74) is 2.65. The standard InChI is InChI=1S/C28H20N2O5S2/c1-16-5-2-3-6-17(16)15-33-27(32)30-24-19-7-4-12-29-25(19)34-20(24)9-8-18-13-21-22(36-18)14-23-28(10-11-28)26(31)37(23)35-21/h2-7,12-14,31H,10-11,15H2,1H3,(H,30,32). The number of nitrogens with zero attached hydrogens (tertiary/aromatic N) is 1. The monoisotopic (exact) mass is 528 g/mol. The first-order valence-electron chi connectivity index (χ1n) is 11.7. The minimum atomic E-state index is -0.629. The number of hydrogen-bond donors (Lipinski definition) is 2. The van der Waals surface area contributed by atoms with Crippen LogP contribution >= 0.6 is 22.1 Å². The van der Waals surface area contributed by atoms with Crippen LogP contribution in [0.3, 0.4) is 0 Å². The summed E-state index contributed by atoms with van der Waals surface area (Å²) < 4.78 is 17.4. The quantitative estimate of drug-likeness (QED) is 0.226. The number of thiophene rings is 1. The molecule has 5 heterocycles. The largest absolute Gasteiger partial charge is 0.444 e. The second-order valence-corrected chi connectivity index (χ2v) is 11.7. The number of aliphatic hydroxyl groups is 1. The lowest BCUT2D eigenvalue weighted by Crippen LogP contribution is -2.30. The number of furan rings is 1. The highest BCUT2D eigenvalue weighted by Crippen LogP contribution is 2.69. The van der Waals surface area contributed by atoms with Crippen molar-refractivity contribution < 1.29 is 23.2 Å². The number of hydrogen-bond acceptors (Lipinski definition) is 6. The first-order valence-corrected chi connectivity index (χ1v) is 13.7. The van der Waals surface area contributed by atoms with E-state index in [1.54, 1.807) is 12.3 Å². The van der Waals surface area contributed by atoms with Crippen molar-refractivity contribution in [3.05, 3.63) is 80.2 Å². The summed E-state index contributed by atoms with van der Waals surface area (Å²) in [5.74, 6) is 7.20. The zero-order valence-corrected chi connectivity index (χ0v) is 21.3. The molecule has 184 valence electrons. The van der Waals surface area contributed by atoms with Crippen LogP contribution in [0.2, 0.25) is 0 Å².